The molecule has 4 nitrogen and oxygen atoms in total. The first-order valence-electron chi connectivity index (χ1n) is 6.82. The summed E-state index contributed by atoms with van der Waals surface area (Å²) in [6.07, 6.45) is 0.853. The molecule has 21 heavy (non-hydrogen) atoms. The predicted octanol–water partition coefficient (Wildman–Crippen LogP) is 3.25. The zero-order valence-electron chi connectivity index (χ0n) is 12.5. The Labute approximate surface area is 126 Å². The van der Waals surface area contributed by atoms with Crippen LogP contribution >= 0.6 is 0 Å². The average Bonchev–Trinajstić information content (AvgIpc) is 2.42. The van der Waals surface area contributed by atoms with E-state index in [4.69, 9.17) is 5.73 Å². The Morgan fingerprint density at radius 3 is 2.52 bits per heavy atom. The third-order valence-electron chi connectivity index (χ3n) is 3.52. The summed E-state index contributed by atoms with van der Waals surface area (Å²) in [5.41, 5.74) is 9.43. The fraction of sp³-hybridized carbons (Fsp3) is 0.250. The molecule has 0 saturated heterocycles. The van der Waals surface area contributed by atoms with Crippen LogP contribution in [0.4, 0.5) is 11.4 Å². The Morgan fingerprint density at radius 2 is 1.86 bits per heavy atom. The maximum atomic E-state index is 12.6. The van der Waals surface area contributed by atoms with Gasteiger partial charge in [0.05, 0.1) is 4.90 Å². The van der Waals surface area contributed by atoms with E-state index in [1.165, 1.54) is 6.07 Å². The van der Waals surface area contributed by atoms with E-state index >= 15 is 0 Å². The highest BCUT2D eigenvalue weighted by Gasteiger charge is 2.18. The van der Waals surface area contributed by atoms with Crippen LogP contribution in [0.2, 0.25) is 0 Å². The summed E-state index contributed by atoms with van der Waals surface area (Å²) in [6, 6.07) is 10.7. The van der Waals surface area contributed by atoms with Gasteiger partial charge in [-0.25, -0.2) is 8.42 Å². The topological polar surface area (TPSA) is 72.2 Å². The highest BCUT2D eigenvalue weighted by atomic mass is 32.2. The van der Waals surface area contributed by atoms with Crippen molar-refractivity contribution in [2.75, 3.05) is 10.5 Å². The van der Waals surface area contributed by atoms with Crippen molar-refractivity contribution in [2.24, 2.45) is 0 Å². The molecular formula is C16H20N2O2S. The quantitative estimate of drug-likeness (QED) is 0.852. The monoisotopic (exact) mass is 304 g/mol. The third kappa shape index (κ3) is 3.36. The number of hydrogen-bond donors (Lipinski definition) is 2. The molecule has 0 aromatic heterocycles. The number of anilines is 2. The Hall–Kier alpha value is -2.01. The lowest BCUT2D eigenvalue weighted by Gasteiger charge is -2.13. The van der Waals surface area contributed by atoms with Crippen LogP contribution < -0.4 is 10.5 Å². The second kappa shape index (κ2) is 5.77. The van der Waals surface area contributed by atoms with Crippen LogP contribution in [0.3, 0.4) is 0 Å². The zero-order valence-corrected chi connectivity index (χ0v) is 13.3. The molecule has 0 aliphatic rings. The van der Waals surface area contributed by atoms with E-state index < -0.39 is 10.0 Å². The lowest BCUT2D eigenvalue weighted by atomic mass is 10.1. The van der Waals surface area contributed by atoms with Gasteiger partial charge in [0, 0.05) is 11.4 Å². The van der Waals surface area contributed by atoms with Gasteiger partial charge in [-0.2, -0.15) is 0 Å². The van der Waals surface area contributed by atoms with Gasteiger partial charge >= 0.3 is 0 Å². The molecule has 112 valence electrons. The van der Waals surface area contributed by atoms with Crippen molar-refractivity contribution in [1.29, 1.82) is 0 Å². The van der Waals surface area contributed by atoms with E-state index in [1.54, 1.807) is 19.1 Å². The second-order valence-corrected chi connectivity index (χ2v) is 6.77. The highest BCUT2D eigenvalue weighted by Crippen LogP contribution is 2.25. The largest absolute Gasteiger partial charge is 0.399 e. The SMILES string of the molecule is CCc1cccc(NS(=O)(=O)c2cc(N)cc(C)c2C)c1. The molecule has 5 heteroatoms. The van der Waals surface area contributed by atoms with E-state index in [0.717, 1.165) is 17.5 Å². The summed E-state index contributed by atoms with van der Waals surface area (Å²) < 4.78 is 27.7. The molecule has 2 rings (SSSR count). The van der Waals surface area contributed by atoms with Crippen LogP contribution in [-0.2, 0) is 16.4 Å². The molecule has 0 fully saturated rings. The van der Waals surface area contributed by atoms with E-state index in [0.29, 0.717) is 16.9 Å². The minimum Gasteiger partial charge on any atom is -0.399 e. The minimum absolute atomic E-state index is 0.224. The van der Waals surface area contributed by atoms with Crippen molar-refractivity contribution in [3.05, 3.63) is 53.1 Å². The predicted molar refractivity (Wildman–Crippen MR) is 87.0 cm³/mol. The van der Waals surface area contributed by atoms with Gasteiger partial charge in [-0.05, 0) is 61.2 Å². The number of aryl methyl sites for hydroxylation is 2. The Morgan fingerprint density at radius 1 is 1.14 bits per heavy atom. The molecule has 0 spiro atoms. The van der Waals surface area contributed by atoms with Crippen LogP contribution in [-0.4, -0.2) is 8.42 Å². The van der Waals surface area contributed by atoms with Crippen LogP contribution in [0, 0.1) is 13.8 Å². The van der Waals surface area contributed by atoms with Gasteiger partial charge in [0.15, 0.2) is 0 Å². The molecule has 3 N–H and O–H groups in total. The summed E-state index contributed by atoms with van der Waals surface area (Å²) in [5, 5.41) is 0. The van der Waals surface area contributed by atoms with Crippen LogP contribution in [0.15, 0.2) is 41.3 Å². The first-order chi connectivity index (χ1) is 9.83. The summed E-state index contributed by atoms with van der Waals surface area (Å²) in [6.45, 7) is 5.66. The van der Waals surface area contributed by atoms with Crippen molar-refractivity contribution < 1.29 is 8.42 Å². The second-order valence-electron chi connectivity index (χ2n) is 5.12. The number of benzene rings is 2. The van der Waals surface area contributed by atoms with Gasteiger partial charge in [-0.3, -0.25) is 4.72 Å². The minimum atomic E-state index is -3.64. The van der Waals surface area contributed by atoms with E-state index in [2.05, 4.69) is 4.72 Å². The maximum Gasteiger partial charge on any atom is 0.262 e. The molecule has 0 radical (unpaired) electrons. The van der Waals surface area contributed by atoms with Crippen LogP contribution in [0.5, 0.6) is 0 Å². The molecule has 0 saturated carbocycles. The van der Waals surface area contributed by atoms with Gasteiger partial charge in [-0.15, -0.1) is 0 Å². The zero-order chi connectivity index (χ0) is 15.6. The third-order valence-corrected chi connectivity index (χ3v) is 5.03. The van der Waals surface area contributed by atoms with Gasteiger partial charge in [0.2, 0.25) is 0 Å². The number of rotatable bonds is 4. The molecule has 2 aromatic rings. The molecular weight excluding hydrogens is 284 g/mol. The number of nitrogens with one attached hydrogen (secondary N) is 1. The number of nitrogen functional groups attached to an aromatic ring is 1. The van der Waals surface area contributed by atoms with Crippen molar-refractivity contribution in [3.8, 4) is 0 Å². The molecule has 0 unspecified atom stereocenters. The molecule has 0 amide bonds. The van der Waals surface area contributed by atoms with Gasteiger partial charge in [0.25, 0.3) is 10.0 Å². The van der Waals surface area contributed by atoms with Gasteiger partial charge in [0.1, 0.15) is 0 Å². The van der Waals surface area contributed by atoms with Gasteiger partial charge < -0.3 is 5.73 Å². The first kappa shape index (κ1) is 15.4. The summed E-state index contributed by atoms with van der Waals surface area (Å²) >= 11 is 0. The molecule has 0 heterocycles. The molecule has 0 bridgehead atoms. The maximum absolute atomic E-state index is 12.6. The summed E-state index contributed by atoms with van der Waals surface area (Å²) in [5.74, 6) is 0. The van der Waals surface area contributed by atoms with E-state index in [9.17, 15) is 8.42 Å². The van der Waals surface area contributed by atoms with Gasteiger partial charge in [-0.1, -0.05) is 19.1 Å². The molecule has 0 aliphatic carbocycles. The fourth-order valence-corrected chi connectivity index (χ4v) is 3.60. The van der Waals surface area contributed by atoms with Crippen LogP contribution in [0.1, 0.15) is 23.6 Å². The van der Waals surface area contributed by atoms with Crippen LogP contribution in [0.25, 0.3) is 0 Å². The Balaban J connectivity index is 2.43. The smallest absolute Gasteiger partial charge is 0.262 e. The van der Waals surface area contributed by atoms with Crippen molar-refractivity contribution in [1.82, 2.24) is 0 Å². The highest BCUT2D eigenvalue weighted by molar-refractivity contribution is 7.92. The standard InChI is InChI=1S/C16H20N2O2S/c1-4-13-6-5-7-15(9-13)18-21(19,20)16-10-14(17)8-11(2)12(16)3/h5-10,18H,4,17H2,1-3H3. The van der Waals surface area contributed by atoms with Crippen molar-refractivity contribution in [2.45, 2.75) is 32.1 Å². The Kier molecular flexibility index (Phi) is 4.23. The number of nitrogens with two attached hydrogens (primary N) is 1. The number of sulfonamides is 1. The lowest BCUT2D eigenvalue weighted by Crippen LogP contribution is -2.15. The van der Waals surface area contributed by atoms with Crippen molar-refractivity contribution in [3.63, 3.8) is 0 Å². The summed E-state index contributed by atoms with van der Waals surface area (Å²) in [4.78, 5) is 0.224. The lowest BCUT2D eigenvalue weighted by molar-refractivity contribution is 0.600. The number of hydrogen-bond acceptors (Lipinski definition) is 3. The Bertz CT molecular complexity index is 768. The van der Waals surface area contributed by atoms with E-state index in [-0.39, 0.29) is 4.90 Å². The normalized spacial score (nSPS) is 11.4. The average molecular weight is 304 g/mol. The first-order valence-corrected chi connectivity index (χ1v) is 8.30. The van der Waals surface area contributed by atoms with E-state index in [1.807, 2.05) is 32.0 Å². The summed E-state index contributed by atoms with van der Waals surface area (Å²) in [7, 11) is -3.64. The molecule has 0 atom stereocenters. The molecule has 0 aliphatic heterocycles. The fourth-order valence-electron chi connectivity index (χ4n) is 2.20. The van der Waals surface area contributed by atoms with Crippen molar-refractivity contribution >= 4 is 21.4 Å². The molecule has 2 aromatic carbocycles.